The molecule has 1 saturated carbocycles. The van der Waals surface area contributed by atoms with E-state index in [1.165, 1.54) is 24.7 Å². The van der Waals surface area contributed by atoms with Crippen molar-refractivity contribution in [1.29, 1.82) is 0 Å². The van der Waals surface area contributed by atoms with Crippen LogP contribution in [0.15, 0.2) is 30.7 Å². The Morgan fingerprint density at radius 2 is 2.16 bits per heavy atom. The molecule has 3 aromatic rings. The Balaban J connectivity index is 1.55. The molecule has 0 spiro atoms. The highest BCUT2D eigenvalue weighted by molar-refractivity contribution is 6.02. The maximum absolute atomic E-state index is 12.8. The molecule has 3 aromatic heterocycles. The first kappa shape index (κ1) is 14.2. The quantitative estimate of drug-likeness (QED) is 0.559. The van der Waals surface area contributed by atoms with Gasteiger partial charge in [-0.15, -0.1) is 0 Å². The molecule has 164 valence electrons. The summed E-state index contributed by atoms with van der Waals surface area (Å²) >= 11 is 0. The zero-order chi connectivity index (χ0) is 27.4. The molecule has 1 aliphatic carbocycles. The van der Waals surface area contributed by atoms with Gasteiger partial charge in [-0.2, -0.15) is 5.10 Å². The molecule has 5 rings (SSSR count). The van der Waals surface area contributed by atoms with E-state index >= 15 is 0 Å². The van der Waals surface area contributed by atoms with Crippen LogP contribution in [-0.2, 0) is 18.3 Å². The zero-order valence-corrected chi connectivity index (χ0v) is 17.1. The lowest BCUT2D eigenvalue weighted by atomic mass is 10.0. The number of rotatable bonds is 5. The first-order chi connectivity index (χ1) is 17.8. The zero-order valence-electron chi connectivity index (χ0n) is 23.1. The number of hydrogen-bond acceptors (Lipinski definition) is 7. The lowest BCUT2D eigenvalue weighted by Gasteiger charge is -2.28. The van der Waals surface area contributed by atoms with Crippen molar-refractivity contribution in [2.75, 3.05) is 29.6 Å². The van der Waals surface area contributed by atoms with Crippen LogP contribution in [0.4, 0.5) is 23.0 Å². The average Bonchev–Trinajstić information content (AvgIpc) is 3.56. The van der Waals surface area contributed by atoms with Crippen molar-refractivity contribution in [2.45, 2.75) is 19.4 Å². The number of aryl methyl sites for hydroxylation is 1. The van der Waals surface area contributed by atoms with E-state index in [9.17, 15) is 9.59 Å². The van der Waals surface area contributed by atoms with Crippen LogP contribution in [0.25, 0.3) is 11.3 Å². The van der Waals surface area contributed by atoms with E-state index in [1.807, 2.05) is 10.2 Å². The van der Waals surface area contributed by atoms with E-state index < -0.39 is 19.9 Å². The predicted octanol–water partition coefficient (Wildman–Crippen LogP) is 2.28. The van der Waals surface area contributed by atoms with Gasteiger partial charge in [0.15, 0.2) is 5.82 Å². The van der Waals surface area contributed by atoms with Gasteiger partial charge < -0.3 is 20.9 Å². The Bertz CT molecular complexity index is 1430. The average molecular weight is 439 g/mol. The van der Waals surface area contributed by atoms with Gasteiger partial charge in [0.05, 0.1) is 22.6 Å². The van der Waals surface area contributed by atoms with Crippen LogP contribution in [0.5, 0.6) is 0 Å². The standard InChI is InChI=1S/C22H24N8O2/c1-23-22(32)15-9-25-17(27-21(31)12-4-5-12)8-16(15)26-20-19-14(6-7-24-20)18-13(10-29(19)2)11-30(3)28-18/h6-9,11-12H,4-5,10H2,1-3H3,(H,23,32)(H2,24,25,26,27,31)/i1D3,3D3. The molecule has 0 saturated heterocycles. The van der Waals surface area contributed by atoms with Crippen molar-refractivity contribution in [3.63, 3.8) is 0 Å². The molecule has 0 bridgehead atoms. The van der Waals surface area contributed by atoms with Crippen molar-refractivity contribution >= 4 is 34.8 Å². The molecule has 32 heavy (non-hydrogen) atoms. The summed E-state index contributed by atoms with van der Waals surface area (Å²) in [5.74, 6) is -0.654. The third-order valence-corrected chi connectivity index (χ3v) is 5.47. The van der Waals surface area contributed by atoms with Crippen LogP contribution in [0, 0.1) is 5.92 Å². The van der Waals surface area contributed by atoms with Crippen LogP contribution < -0.4 is 20.9 Å². The third kappa shape index (κ3) is 3.53. The topological polar surface area (TPSA) is 117 Å². The lowest BCUT2D eigenvalue weighted by molar-refractivity contribution is -0.117. The predicted molar refractivity (Wildman–Crippen MR) is 121 cm³/mol. The lowest BCUT2D eigenvalue weighted by Crippen LogP contribution is -2.23. The smallest absolute Gasteiger partial charge is 0.254 e. The van der Waals surface area contributed by atoms with Crippen LogP contribution in [-0.4, -0.2) is 45.6 Å². The van der Waals surface area contributed by atoms with E-state index in [4.69, 9.17) is 8.22 Å². The maximum Gasteiger partial charge on any atom is 0.254 e. The minimum absolute atomic E-state index is 0.0734. The van der Waals surface area contributed by atoms with Crippen LogP contribution in [0.3, 0.4) is 0 Å². The molecule has 0 unspecified atom stereocenters. The van der Waals surface area contributed by atoms with Crippen LogP contribution in [0.2, 0.25) is 0 Å². The SMILES string of the molecule is [2H]C([2H])([2H])NC(=O)c1cnc(NC(=O)C2CC2)cc1Nc1nccc2c1N(C)Cc1cn(C([2H])([2H])[2H])nc1-2. The third-order valence-electron chi connectivity index (χ3n) is 5.47. The van der Waals surface area contributed by atoms with Crippen molar-refractivity contribution in [1.82, 2.24) is 25.1 Å². The minimum atomic E-state index is -2.73. The Labute approximate surface area is 193 Å². The molecule has 3 N–H and O–H groups in total. The molecule has 2 amide bonds. The molecule has 0 aromatic carbocycles. The Morgan fingerprint density at radius 3 is 2.94 bits per heavy atom. The van der Waals surface area contributed by atoms with Gasteiger partial charge in [0.2, 0.25) is 5.91 Å². The number of pyridine rings is 2. The Kier molecular flexibility index (Phi) is 3.38. The number of carbonyl (C=O) groups excluding carboxylic acids is 2. The van der Waals surface area contributed by atoms with E-state index in [1.54, 1.807) is 13.1 Å². The summed E-state index contributed by atoms with van der Waals surface area (Å²) in [6, 6.07) is 3.15. The van der Waals surface area contributed by atoms with Crippen molar-refractivity contribution in [3.05, 3.63) is 41.9 Å². The fourth-order valence-electron chi connectivity index (χ4n) is 3.79. The van der Waals surface area contributed by atoms with Gasteiger partial charge in [0.1, 0.15) is 5.82 Å². The van der Waals surface area contributed by atoms with E-state index in [0.29, 0.717) is 29.3 Å². The summed E-state index contributed by atoms with van der Waals surface area (Å²) in [5.41, 5.74) is 2.53. The monoisotopic (exact) mass is 438 g/mol. The van der Waals surface area contributed by atoms with Crippen molar-refractivity contribution in [3.8, 4) is 11.3 Å². The van der Waals surface area contributed by atoms with E-state index in [0.717, 1.165) is 23.1 Å². The number of hydrogen-bond donors (Lipinski definition) is 3. The minimum Gasteiger partial charge on any atom is -0.367 e. The maximum atomic E-state index is 12.8. The number of fused-ring (bicyclic) bond motifs is 3. The molecular formula is C22H24N8O2. The summed E-state index contributed by atoms with van der Waals surface area (Å²) in [6.07, 6.45) is 5.77. The normalized spacial score (nSPS) is 18.0. The summed E-state index contributed by atoms with van der Waals surface area (Å²) in [6.45, 7) is -4.81. The molecule has 4 heterocycles. The summed E-state index contributed by atoms with van der Waals surface area (Å²) < 4.78 is 46.2. The number of carbonyl (C=O) groups is 2. The highest BCUT2D eigenvalue weighted by Crippen LogP contribution is 2.42. The number of nitrogens with one attached hydrogen (secondary N) is 3. The van der Waals surface area contributed by atoms with Gasteiger partial charge in [-0.25, -0.2) is 9.97 Å². The fourth-order valence-corrected chi connectivity index (χ4v) is 3.79. The number of anilines is 4. The largest absolute Gasteiger partial charge is 0.367 e. The van der Waals surface area contributed by atoms with Gasteiger partial charge in [-0.3, -0.25) is 14.3 Å². The first-order valence-electron chi connectivity index (χ1n) is 13.0. The van der Waals surface area contributed by atoms with Crippen molar-refractivity contribution < 1.29 is 17.8 Å². The van der Waals surface area contributed by atoms with Gasteiger partial charge >= 0.3 is 0 Å². The second-order valence-corrected chi connectivity index (χ2v) is 7.82. The molecule has 0 atom stereocenters. The highest BCUT2D eigenvalue weighted by Gasteiger charge is 2.30. The molecule has 2 aliphatic rings. The van der Waals surface area contributed by atoms with E-state index in [2.05, 4.69) is 25.7 Å². The fraction of sp³-hybridized carbons (Fsp3) is 0.318. The van der Waals surface area contributed by atoms with Gasteiger partial charge in [-0.05, 0) is 18.9 Å². The van der Waals surface area contributed by atoms with Crippen LogP contribution >= 0.6 is 0 Å². The molecule has 1 aliphatic heterocycles. The van der Waals surface area contributed by atoms with Gasteiger partial charge in [0, 0.05) is 77.5 Å². The van der Waals surface area contributed by atoms with Crippen LogP contribution in [0.1, 0.15) is 37.0 Å². The summed E-state index contributed by atoms with van der Waals surface area (Å²) in [5, 5.41) is 12.0. The molecule has 0 radical (unpaired) electrons. The molecule has 1 fully saturated rings. The Hall–Kier alpha value is -3.95. The van der Waals surface area contributed by atoms with Crippen molar-refractivity contribution in [2.24, 2.45) is 12.9 Å². The highest BCUT2D eigenvalue weighted by atomic mass is 16.2. The second-order valence-electron chi connectivity index (χ2n) is 7.82. The summed E-state index contributed by atoms with van der Waals surface area (Å²) in [4.78, 5) is 35.5. The second kappa shape index (κ2) is 7.63. The first-order valence-corrected chi connectivity index (χ1v) is 10.00. The molecule has 10 heteroatoms. The summed E-state index contributed by atoms with van der Waals surface area (Å²) in [7, 11) is 1.80. The van der Waals surface area contributed by atoms with E-state index in [-0.39, 0.29) is 28.9 Å². The van der Waals surface area contributed by atoms with Gasteiger partial charge in [0.25, 0.3) is 5.91 Å². The Morgan fingerprint density at radius 1 is 1.28 bits per heavy atom. The number of nitrogens with zero attached hydrogens (tertiary/aromatic N) is 5. The molecular weight excluding hydrogens is 408 g/mol. The number of aromatic nitrogens is 4. The molecule has 10 nitrogen and oxygen atoms in total. The number of amides is 2. The van der Waals surface area contributed by atoms with Gasteiger partial charge in [-0.1, -0.05) is 0 Å².